The van der Waals surface area contributed by atoms with Crippen molar-refractivity contribution in [1.29, 1.82) is 0 Å². The van der Waals surface area contributed by atoms with Crippen molar-refractivity contribution in [2.75, 3.05) is 11.9 Å². The maximum Gasteiger partial charge on any atom is 0.573 e. The van der Waals surface area contributed by atoms with Crippen LogP contribution in [0.25, 0.3) is 0 Å². The highest BCUT2D eigenvalue weighted by molar-refractivity contribution is 5.71. The number of rotatable bonds is 5. The lowest BCUT2D eigenvalue weighted by molar-refractivity contribution is -0.274. The lowest BCUT2D eigenvalue weighted by Gasteiger charge is -2.17. The van der Waals surface area contributed by atoms with Crippen molar-refractivity contribution in [1.82, 2.24) is 0 Å². The third-order valence-electron chi connectivity index (χ3n) is 2.27. The highest BCUT2D eigenvalue weighted by Gasteiger charge is 2.44. The van der Waals surface area contributed by atoms with E-state index in [1.807, 2.05) is 0 Å². The molecule has 1 aromatic carbocycles. The van der Waals surface area contributed by atoms with Crippen LogP contribution >= 0.6 is 0 Å². The number of anilines is 1. The molecule has 0 bridgehead atoms. The molecule has 0 aliphatic carbocycles. The fraction of sp³-hybridized carbons (Fsp3) is 0.364. The summed E-state index contributed by atoms with van der Waals surface area (Å²) in [5.41, 5.74) is -0.132. The number of carbonyl (C=O) groups is 1. The van der Waals surface area contributed by atoms with Gasteiger partial charge in [0.1, 0.15) is 5.75 Å². The summed E-state index contributed by atoms with van der Waals surface area (Å²) < 4.78 is 76.7. The molecule has 0 spiro atoms. The molecular weight excluding hydrogens is 308 g/mol. The van der Waals surface area contributed by atoms with Crippen molar-refractivity contribution in [3.8, 4) is 5.75 Å². The molecular formula is C11H9F6NO3. The van der Waals surface area contributed by atoms with Crippen LogP contribution < -0.4 is 10.1 Å². The molecule has 1 aromatic rings. The SMILES string of the molecule is O=C(O)C(CNc1cccc(OC(F)(F)F)c1)C(F)(F)F. The van der Waals surface area contributed by atoms with Gasteiger partial charge in [-0.05, 0) is 12.1 Å². The molecule has 21 heavy (non-hydrogen) atoms. The highest BCUT2D eigenvalue weighted by atomic mass is 19.4. The minimum atomic E-state index is -4.97. The molecule has 10 heteroatoms. The van der Waals surface area contributed by atoms with Gasteiger partial charge in [0, 0.05) is 18.3 Å². The Labute approximate surface area is 114 Å². The summed E-state index contributed by atoms with van der Waals surface area (Å²) in [6.45, 7) is -1.02. The summed E-state index contributed by atoms with van der Waals surface area (Å²) in [4.78, 5) is 10.5. The van der Waals surface area contributed by atoms with E-state index in [2.05, 4.69) is 10.1 Å². The number of ether oxygens (including phenoxy) is 1. The van der Waals surface area contributed by atoms with E-state index in [9.17, 15) is 31.1 Å². The summed E-state index contributed by atoms with van der Waals surface area (Å²) in [6, 6.07) is 4.06. The lowest BCUT2D eigenvalue weighted by Crippen LogP contribution is -2.36. The number of alkyl halides is 6. The second-order valence-corrected chi connectivity index (χ2v) is 3.89. The zero-order valence-corrected chi connectivity index (χ0v) is 10.1. The second-order valence-electron chi connectivity index (χ2n) is 3.89. The van der Waals surface area contributed by atoms with Crippen molar-refractivity contribution < 1.29 is 41.0 Å². The van der Waals surface area contributed by atoms with Gasteiger partial charge in [-0.3, -0.25) is 4.79 Å². The smallest absolute Gasteiger partial charge is 0.481 e. The van der Waals surface area contributed by atoms with E-state index in [1.165, 1.54) is 6.07 Å². The van der Waals surface area contributed by atoms with Gasteiger partial charge in [0.05, 0.1) is 0 Å². The maximum absolute atomic E-state index is 12.4. The van der Waals surface area contributed by atoms with E-state index < -0.39 is 36.7 Å². The van der Waals surface area contributed by atoms with Crippen LogP contribution in [-0.2, 0) is 4.79 Å². The minimum absolute atomic E-state index is 0.132. The van der Waals surface area contributed by atoms with E-state index >= 15 is 0 Å². The Morgan fingerprint density at radius 1 is 1.24 bits per heavy atom. The molecule has 0 aliphatic rings. The first-order valence-corrected chi connectivity index (χ1v) is 5.38. The Morgan fingerprint density at radius 2 is 1.86 bits per heavy atom. The number of aliphatic carboxylic acids is 1. The summed E-state index contributed by atoms with van der Waals surface area (Å²) in [6.07, 6.45) is -9.91. The number of hydrogen-bond donors (Lipinski definition) is 2. The van der Waals surface area contributed by atoms with Gasteiger partial charge in [0.15, 0.2) is 5.92 Å². The quantitative estimate of drug-likeness (QED) is 0.819. The summed E-state index contributed by atoms with van der Waals surface area (Å²) in [5, 5.41) is 10.6. The number of nitrogens with one attached hydrogen (secondary N) is 1. The third-order valence-corrected chi connectivity index (χ3v) is 2.27. The molecule has 0 heterocycles. The van der Waals surface area contributed by atoms with E-state index in [0.29, 0.717) is 0 Å². The largest absolute Gasteiger partial charge is 0.573 e. The second kappa shape index (κ2) is 6.10. The number of halogens is 6. The Balaban J connectivity index is 2.75. The van der Waals surface area contributed by atoms with Crippen LogP contribution in [0.15, 0.2) is 24.3 Å². The van der Waals surface area contributed by atoms with Gasteiger partial charge in [-0.1, -0.05) is 6.07 Å². The van der Waals surface area contributed by atoms with E-state index in [0.717, 1.165) is 18.2 Å². The molecule has 0 amide bonds. The van der Waals surface area contributed by atoms with Crippen LogP contribution in [0.3, 0.4) is 0 Å². The molecule has 118 valence electrons. The maximum atomic E-state index is 12.4. The molecule has 1 unspecified atom stereocenters. The van der Waals surface area contributed by atoms with Crippen molar-refractivity contribution in [2.45, 2.75) is 12.5 Å². The zero-order valence-electron chi connectivity index (χ0n) is 10.1. The fourth-order valence-corrected chi connectivity index (χ4v) is 1.37. The summed E-state index contributed by atoms with van der Waals surface area (Å²) >= 11 is 0. The monoisotopic (exact) mass is 317 g/mol. The van der Waals surface area contributed by atoms with Gasteiger partial charge in [-0.15, -0.1) is 13.2 Å². The Bertz CT molecular complexity index is 499. The molecule has 0 saturated carbocycles. The predicted octanol–water partition coefficient (Wildman–Crippen LogP) is 3.26. The average molecular weight is 317 g/mol. The molecule has 0 aliphatic heterocycles. The number of hydrogen-bond acceptors (Lipinski definition) is 3. The van der Waals surface area contributed by atoms with Crippen LogP contribution in [0.1, 0.15) is 0 Å². The van der Waals surface area contributed by atoms with Crippen molar-refractivity contribution in [3.63, 3.8) is 0 Å². The van der Waals surface area contributed by atoms with Crippen molar-refractivity contribution >= 4 is 11.7 Å². The molecule has 0 saturated heterocycles. The van der Waals surface area contributed by atoms with Gasteiger partial charge < -0.3 is 15.2 Å². The molecule has 0 fully saturated rings. The van der Waals surface area contributed by atoms with Gasteiger partial charge in [0.2, 0.25) is 0 Å². The topological polar surface area (TPSA) is 58.6 Å². The first-order chi connectivity index (χ1) is 9.49. The molecule has 4 nitrogen and oxygen atoms in total. The first kappa shape index (κ1) is 16.9. The van der Waals surface area contributed by atoms with Crippen LogP contribution in [-0.4, -0.2) is 30.2 Å². The molecule has 2 N–H and O–H groups in total. The van der Waals surface area contributed by atoms with Crippen molar-refractivity contribution in [3.05, 3.63) is 24.3 Å². The Morgan fingerprint density at radius 3 is 2.33 bits per heavy atom. The molecule has 1 rings (SSSR count). The number of benzene rings is 1. The first-order valence-electron chi connectivity index (χ1n) is 5.38. The predicted molar refractivity (Wildman–Crippen MR) is 58.8 cm³/mol. The highest BCUT2D eigenvalue weighted by Crippen LogP contribution is 2.28. The number of carboxylic acid groups (broad SMARTS) is 1. The Hall–Kier alpha value is -2.13. The van der Waals surface area contributed by atoms with Gasteiger partial charge in [-0.2, -0.15) is 13.2 Å². The van der Waals surface area contributed by atoms with Crippen LogP contribution in [0.4, 0.5) is 32.0 Å². The summed E-state index contributed by atoms with van der Waals surface area (Å²) in [5.74, 6) is -5.39. The van der Waals surface area contributed by atoms with Crippen LogP contribution in [0.5, 0.6) is 5.75 Å². The standard InChI is InChI=1S/C11H9F6NO3/c12-10(13,14)8(9(19)20)5-18-6-2-1-3-7(4-6)21-11(15,16)17/h1-4,8,18H,5H2,(H,19,20). The Kier molecular flexibility index (Phi) is 4.92. The minimum Gasteiger partial charge on any atom is -0.481 e. The number of carboxylic acids is 1. The van der Waals surface area contributed by atoms with Gasteiger partial charge in [-0.25, -0.2) is 0 Å². The molecule has 1 atom stereocenters. The van der Waals surface area contributed by atoms with E-state index in [4.69, 9.17) is 5.11 Å². The van der Waals surface area contributed by atoms with Gasteiger partial charge >= 0.3 is 18.5 Å². The average Bonchev–Trinajstić information content (AvgIpc) is 2.24. The van der Waals surface area contributed by atoms with E-state index in [-0.39, 0.29) is 5.69 Å². The van der Waals surface area contributed by atoms with Gasteiger partial charge in [0.25, 0.3) is 0 Å². The molecule has 0 radical (unpaired) electrons. The fourth-order valence-electron chi connectivity index (χ4n) is 1.37. The third kappa shape index (κ3) is 5.79. The van der Waals surface area contributed by atoms with Crippen LogP contribution in [0, 0.1) is 5.92 Å². The van der Waals surface area contributed by atoms with Crippen molar-refractivity contribution in [2.24, 2.45) is 5.92 Å². The normalized spacial score (nSPS) is 13.6. The lowest BCUT2D eigenvalue weighted by atomic mass is 10.1. The molecule has 0 aromatic heterocycles. The van der Waals surface area contributed by atoms with Crippen LogP contribution in [0.2, 0.25) is 0 Å². The summed E-state index contributed by atoms with van der Waals surface area (Å²) in [7, 11) is 0. The zero-order chi connectivity index (χ0) is 16.3. The van der Waals surface area contributed by atoms with E-state index in [1.54, 1.807) is 0 Å².